The Labute approximate surface area is 179 Å². The predicted molar refractivity (Wildman–Crippen MR) is 114 cm³/mol. The highest BCUT2D eigenvalue weighted by Gasteiger charge is 2.43. The lowest BCUT2D eigenvalue weighted by molar-refractivity contribution is -0.384. The van der Waals surface area contributed by atoms with Crippen molar-refractivity contribution in [2.75, 3.05) is 25.1 Å². The van der Waals surface area contributed by atoms with E-state index in [0.717, 1.165) is 5.56 Å². The first kappa shape index (κ1) is 21.8. The first-order chi connectivity index (χ1) is 14.9. The molecule has 0 aliphatic carbocycles. The number of nitrogens with one attached hydrogen (secondary N) is 2. The Morgan fingerprint density at radius 2 is 1.77 bits per heavy atom. The molecule has 9 nitrogen and oxygen atoms in total. The summed E-state index contributed by atoms with van der Waals surface area (Å²) in [6.07, 6.45) is 1.65. The van der Waals surface area contributed by atoms with Crippen LogP contribution in [0, 0.1) is 10.1 Å². The molecule has 2 N–H and O–H groups in total. The van der Waals surface area contributed by atoms with E-state index in [2.05, 4.69) is 10.6 Å². The molecule has 162 valence electrons. The molecule has 0 amide bonds. The largest absolute Gasteiger partial charge is 0.464 e. The third-order valence-electron chi connectivity index (χ3n) is 4.75. The Morgan fingerprint density at radius 1 is 1.10 bits per heavy atom. The van der Waals surface area contributed by atoms with Gasteiger partial charge in [-0.2, -0.15) is 0 Å². The van der Waals surface area contributed by atoms with Gasteiger partial charge in [-0.05, 0) is 43.7 Å². The van der Waals surface area contributed by atoms with Gasteiger partial charge in [0.15, 0.2) is 5.54 Å². The Morgan fingerprint density at radius 3 is 2.42 bits per heavy atom. The van der Waals surface area contributed by atoms with E-state index in [0.29, 0.717) is 11.3 Å². The Balaban J connectivity index is 1.94. The highest BCUT2D eigenvalue weighted by molar-refractivity contribution is 5.94. The van der Waals surface area contributed by atoms with E-state index in [1.54, 1.807) is 62.4 Å². The van der Waals surface area contributed by atoms with Crippen LogP contribution in [0.1, 0.15) is 29.8 Å². The van der Waals surface area contributed by atoms with Crippen LogP contribution < -0.4 is 10.6 Å². The zero-order chi connectivity index (χ0) is 22.4. The van der Waals surface area contributed by atoms with Crippen molar-refractivity contribution in [2.24, 2.45) is 0 Å². The molecule has 0 saturated carbocycles. The van der Waals surface area contributed by atoms with Gasteiger partial charge < -0.3 is 20.1 Å². The van der Waals surface area contributed by atoms with E-state index >= 15 is 0 Å². The van der Waals surface area contributed by atoms with Crippen LogP contribution in [-0.2, 0) is 14.3 Å². The van der Waals surface area contributed by atoms with Crippen molar-refractivity contribution in [3.05, 3.63) is 75.8 Å². The monoisotopic (exact) mass is 425 g/mol. The van der Waals surface area contributed by atoms with Crippen LogP contribution in [0.15, 0.2) is 54.6 Å². The number of hydrogen-bond acceptors (Lipinski definition) is 8. The molecule has 0 bridgehead atoms. The van der Waals surface area contributed by atoms with Gasteiger partial charge in [-0.3, -0.25) is 10.1 Å². The lowest BCUT2D eigenvalue weighted by atomic mass is 9.99. The summed E-state index contributed by atoms with van der Waals surface area (Å²) >= 11 is 0. The number of ether oxygens (including phenoxy) is 2. The topological polar surface area (TPSA) is 120 Å². The molecule has 31 heavy (non-hydrogen) atoms. The molecule has 1 aliphatic rings. The smallest absolute Gasteiger partial charge is 0.338 e. The standard InChI is InChI=1S/C22H23N3O6/c1-3-30-20(26)16-11-9-15(10-12-16)18-13-22(14-23-18,21(27)31-4-2)24-17-7-5-6-8-19(17)25(28)29/h5-13,23-24H,3-4,14H2,1-2H3. The number of benzene rings is 2. The van der Waals surface area contributed by atoms with E-state index in [1.165, 1.54) is 6.07 Å². The minimum absolute atomic E-state index is 0.132. The van der Waals surface area contributed by atoms with Crippen LogP contribution in [-0.4, -0.2) is 42.2 Å². The molecule has 0 saturated heterocycles. The first-order valence-electron chi connectivity index (χ1n) is 9.83. The van der Waals surface area contributed by atoms with Crippen LogP contribution in [0.4, 0.5) is 11.4 Å². The second kappa shape index (κ2) is 9.29. The predicted octanol–water partition coefficient (Wildman–Crippen LogP) is 3.13. The Hall–Kier alpha value is -3.88. The van der Waals surface area contributed by atoms with Gasteiger partial charge in [0.25, 0.3) is 5.69 Å². The summed E-state index contributed by atoms with van der Waals surface area (Å²) in [4.78, 5) is 35.6. The van der Waals surface area contributed by atoms with E-state index in [-0.39, 0.29) is 31.1 Å². The maximum Gasteiger partial charge on any atom is 0.338 e. The van der Waals surface area contributed by atoms with Crippen molar-refractivity contribution < 1.29 is 24.0 Å². The molecule has 0 aromatic heterocycles. The third-order valence-corrected chi connectivity index (χ3v) is 4.75. The number of esters is 2. The number of anilines is 1. The summed E-state index contributed by atoms with van der Waals surface area (Å²) in [6, 6.07) is 12.8. The van der Waals surface area contributed by atoms with Gasteiger partial charge in [0.05, 0.1) is 30.2 Å². The van der Waals surface area contributed by atoms with Crippen molar-refractivity contribution in [3.8, 4) is 0 Å². The summed E-state index contributed by atoms with van der Waals surface area (Å²) in [5.74, 6) is -0.972. The summed E-state index contributed by atoms with van der Waals surface area (Å²) in [7, 11) is 0. The van der Waals surface area contributed by atoms with Crippen LogP contribution in [0.3, 0.4) is 0 Å². The molecule has 0 fully saturated rings. The highest BCUT2D eigenvalue weighted by Crippen LogP contribution is 2.32. The van der Waals surface area contributed by atoms with Crippen molar-refractivity contribution in [3.63, 3.8) is 0 Å². The molecule has 0 spiro atoms. The fourth-order valence-electron chi connectivity index (χ4n) is 3.27. The van der Waals surface area contributed by atoms with Gasteiger partial charge in [0, 0.05) is 11.8 Å². The van der Waals surface area contributed by atoms with Crippen molar-refractivity contribution >= 4 is 29.0 Å². The van der Waals surface area contributed by atoms with Crippen molar-refractivity contribution in [1.82, 2.24) is 5.32 Å². The fraction of sp³-hybridized carbons (Fsp3) is 0.273. The van der Waals surface area contributed by atoms with E-state index < -0.39 is 22.4 Å². The normalized spacial score (nSPS) is 17.3. The van der Waals surface area contributed by atoms with Gasteiger partial charge in [-0.1, -0.05) is 24.3 Å². The number of carbonyl (C=O) groups is 2. The molecule has 2 aromatic carbocycles. The third kappa shape index (κ3) is 4.66. The maximum atomic E-state index is 12.8. The second-order valence-electron chi connectivity index (χ2n) is 6.80. The van der Waals surface area contributed by atoms with E-state index in [4.69, 9.17) is 9.47 Å². The summed E-state index contributed by atoms with van der Waals surface area (Å²) < 4.78 is 10.2. The summed E-state index contributed by atoms with van der Waals surface area (Å²) in [6.45, 7) is 4.01. The number of nitro groups is 1. The number of carbonyl (C=O) groups excluding carboxylic acids is 2. The Bertz CT molecular complexity index is 1020. The van der Waals surface area contributed by atoms with Gasteiger partial charge in [-0.15, -0.1) is 0 Å². The zero-order valence-electron chi connectivity index (χ0n) is 17.2. The number of rotatable bonds is 8. The number of hydrogen-bond donors (Lipinski definition) is 2. The molecule has 2 aromatic rings. The van der Waals surface area contributed by atoms with Crippen LogP contribution in [0.5, 0.6) is 0 Å². The minimum Gasteiger partial charge on any atom is -0.464 e. The summed E-state index contributed by atoms with van der Waals surface area (Å²) in [5.41, 5.74) is 0.512. The first-order valence-corrected chi connectivity index (χ1v) is 9.83. The number of para-hydroxylation sites is 2. The molecule has 1 heterocycles. The maximum absolute atomic E-state index is 12.8. The lowest BCUT2D eigenvalue weighted by Crippen LogP contribution is -2.49. The van der Waals surface area contributed by atoms with Gasteiger partial charge in [0.2, 0.25) is 0 Å². The van der Waals surface area contributed by atoms with Gasteiger partial charge >= 0.3 is 11.9 Å². The Kier molecular flexibility index (Phi) is 6.54. The van der Waals surface area contributed by atoms with Crippen LogP contribution in [0.2, 0.25) is 0 Å². The zero-order valence-corrected chi connectivity index (χ0v) is 17.2. The lowest BCUT2D eigenvalue weighted by Gasteiger charge is -2.26. The molecule has 3 rings (SSSR count). The van der Waals surface area contributed by atoms with Crippen molar-refractivity contribution in [1.29, 1.82) is 0 Å². The summed E-state index contributed by atoms with van der Waals surface area (Å²) in [5, 5.41) is 17.6. The van der Waals surface area contributed by atoms with Gasteiger partial charge in [-0.25, -0.2) is 9.59 Å². The second-order valence-corrected chi connectivity index (χ2v) is 6.80. The molecule has 1 atom stereocenters. The molecule has 1 aliphatic heterocycles. The molecular weight excluding hydrogens is 402 g/mol. The highest BCUT2D eigenvalue weighted by atomic mass is 16.6. The molecule has 9 heteroatoms. The average Bonchev–Trinajstić information content (AvgIpc) is 3.20. The molecule has 1 unspecified atom stereocenters. The number of nitrogens with zero attached hydrogens (tertiary/aromatic N) is 1. The average molecular weight is 425 g/mol. The van der Waals surface area contributed by atoms with Crippen LogP contribution >= 0.6 is 0 Å². The minimum atomic E-state index is -1.34. The van der Waals surface area contributed by atoms with Gasteiger partial charge in [0.1, 0.15) is 5.69 Å². The van der Waals surface area contributed by atoms with Crippen molar-refractivity contribution in [2.45, 2.75) is 19.4 Å². The quantitative estimate of drug-likeness (QED) is 0.376. The SMILES string of the molecule is CCOC(=O)c1ccc(C2=CC(Nc3ccccc3[N+](=O)[O-])(C(=O)OCC)CN2)cc1. The van der Waals surface area contributed by atoms with E-state index in [9.17, 15) is 19.7 Å². The van der Waals surface area contributed by atoms with Crippen LogP contribution in [0.25, 0.3) is 5.70 Å². The fourth-order valence-corrected chi connectivity index (χ4v) is 3.27. The molecular formula is C22H23N3O6. The number of nitro benzene ring substituents is 1. The molecule has 0 radical (unpaired) electrons. The van der Waals surface area contributed by atoms with E-state index in [1.807, 2.05) is 0 Å².